The van der Waals surface area contributed by atoms with Crippen LogP contribution in [0.3, 0.4) is 0 Å². The molecule has 0 N–H and O–H groups in total. The molecule has 0 radical (unpaired) electrons. The maximum Gasteiger partial charge on any atom is 0.262 e. The number of hydrogen-bond donors (Lipinski definition) is 0. The Kier molecular flexibility index (Phi) is 4.53. The van der Waals surface area contributed by atoms with Crippen molar-refractivity contribution in [3.05, 3.63) is 71.3 Å². The van der Waals surface area contributed by atoms with Crippen LogP contribution in [0.1, 0.15) is 54.6 Å². The standard InChI is InChI=1S/C21H21NO3/c1-14(2)16-9-11-17(12-10-16)19-13-21(15(3)23,25-22-19)20(24)18-7-5-4-6-8-18/h4-12,14H,13H2,1-3H3. The number of Topliss-reactive ketones (excluding diaryl/α,β-unsaturated/α-hetero) is 2. The largest absolute Gasteiger partial charge is 0.372 e. The summed E-state index contributed by atoms with van der Waals surface area (Å²) in [5.74, 6) is -0.246. The van der Waals surface area contributed by atoms with Crippen LogP contribution < -0.4 is 0 Å². The molecule has 2 aromatic rings. The van der Waals surface area contributed by atoms with Gasteiger partial charge in [-0.1, -0.05) is 73.6 Å². The van der Waals surface area contributed by atoms with E-state index in [-0.39, 0.29) is 18.0 Å². The molecule has 0 saturated carbocycles. The molecule has 3 rings (SSSR count). The average molecular weight is 335 g/mol. The summed E-state index contributed by atoms with van der Waals surface area (Å²) in [7, 11) is 0. The first-order valence-electron chi connectivity index (χ1n) is 8.40. The van der Waals surface area contributed by atoms with Gasteiger partial charge in [0.25, 0.3) is 5.60 Å². The van der Waals surface area contributed by atoms with Gasteiger partial charge in [0.15, 0.2) is 5.78 Å². The first kappa shape index (κ1) is 17.1. The molecule has 25 heavy (non-hydrogen) atoms. The lowest BCUT2D eigenvalue weighted by atomic mass is 9.84. The van der Waals surface area contributed by atoms with Crippen LogP contribution in [-0.4, -0.2) is 22.9 Å². The maximum atomic E-state index is 12.9. The second kappa shape index (κ2) is 6.63. The number of ketones is 2. The van der Waals surface area contributed by atoms with Crippen molar-refractivity contribution in [1.82, 2.24) is 0 Å². The third-order valence-corrected chi connectivity index (χ3v) is 4.61. The highest BCUT2D eigenvalue weighted by atomic mass is 16.7. The monoisotopic (exact) mass is 335 g/mol. The SMILES string of the molecule is CC(=O)C1(C(=O)c2ccccc2)CC(c2ccc(C(C)C)cc2)=NO1. The van der Waals surface area contributed by atoms with Crippen LogP contribution in [0.25, 0.3) is 0 Å². The van der Waals surface area contributed by atoms with Crippen LogP contribution in [0.15, 0.2) is 59.8 Å². The van der Waals surface area contributed by atoms with Gasteiger partial charge in [-0.2, -0.15) is 0 Å². The Hall–Kier alpha value is -2.75. The third-order valence-electron chi connectivity index (χ3n) is 4.61. The molecular weight excluding hydrogens is 314 g/mol. The zero-order valence-electron chi connectivity index (χ0n) is 14.7. The second-order valence-corrected chi connectivity index (χ2v) is 6.66. The summed E-state index contributed by atoms with van der Waals surface area (Å²) in [5.41, 5.74) is 1.60. The molecular formula is C21H21NO3. The molecule has 1 atom stereocenters. The minimum Gasteiger partial charge on any atom is -0.372 e. The van der Waals surface area contributed by atoms with Gasteiger partial charge in [-0.25, -0.2) is 0 Å². The molecule has 0 amide bonds. The van der Waals surface area contributed by atoms with Gasteiger partial charge in [0.1, 0.15) is 0 Å². The van der Waals surface area contributed by atoms with Gasteiger partial charge in [0.05, 0.1) is 12.1 Å². The lowest BCUT2D eigenvalue weighted by Crippen LogP contribution is -2.45. The fraction of sp³-hybridized carbons (Fsp3) is 0.286. The summed E-state index contributed by atoms with van der Waals surface area (Å²) < 4.78 is 0. The fourth-order valence-electron chi connectivity index (χ4n) is 2.94. The predicted octanol–water partition coefficient (Wildman–Crippen LogP) is 4.15. The molecule has 0 bridgehead atoms. The van der Waals surface area contributed by atoms with E-state index in [1.807, 2.05) is 30.3 Å². The molecule has 128 valence electrons. The molecule has 1 aliphatic rings. The van der Waals surface area contributed by atoms with Crippen molar-refractivity contribution in [3.8, 4) is 0 Å². The second-order valence-electron chi connectivity index (χ2n) is 6.66. The van der Waals surface area contributed by atoms with E-state index in [1.54, 1.807) is 24.3 Å². The predicted molar refractivity (Wildman–Crippen MR) is 97.0 cm³/mol. The molecule has 1 heterocycles. The van der Waals surface area contributed by atoms with E-state index in [4.69, 9.17) is 4.84 Å². The lowest BCUT2D eigenvalue weighted by Gasteiger charge is -2.22. The van der Waals surface area contributed by atoms with E-state index in [1.165, 1.54) is 12.5 Å². The molecule has 2 aromatic carbocycles. The Morgan fingerprint density at radius 1 is 1.04 bits per heavy atom. The lowest BCUT2D eigenvalue weighted by molar-refractivity contribution is -0.133. The summed E-state index contributed by atoms with van der Waals surface area (Å²) in [4.78, 5) is 30.6. The Labute approximate surface area is 147 Å². The van der Waals surface area contributed by atoms with Gasteiger partial charge in [0, 0.05) is 5.56 Å². The number of oxime groups is 1. The minimum absolute atomic E-state index is 0.150. The van der Waals surface area contributed by atoms with Crippen LogP contribution in [0.4, 0.5) is 0 Å². The highest BCUT2D eigenvalue weighted by Gasteiger charge is 2.51. The van der Waals surface area contributed by atoms with E-state index < -0.39 is 5.60 Å². The molecule has 0 fully saturated rings. The van der Waals surface area contributed by atoms with E-state index in [2.05, 4.69) is 19.0 Å². The molecule has 0 saturated heterocycles. The van der Waals surface area contributed by atoms with Crippen molar-refractivity contribution in [2.75, 3.05) is 0 Å². The molecule has 0 aromatic heterocycles. The number of hydrogen-bond acceptors (Lipinski definition) is 4. The number of rotatable bonds is 5. The number of carbonyl (C=O) groups excluding carboxylic acids is 2. The van der Waals surface area contributed by atoms with Crippen molar-refractivity contribution >= 4 is 17.3 Å². The van der Waals surface area contributed by atoms with Crippen molar-refractivity contribution < 1.29 is 14.4 Å². The van der Waals surface area contributed by atoms with Gasteiger partial charge in [-0.3, -0.25) is 9.59 Å². The summed E-state index contributed by atoms with van der Waals surface area (Å²) in [6.45, 7) is 5.64. The Morgan fingerprint density at radius 2 is 1.68 bits per heavy atom. The van der Waals surface area contributed by atoms with Crippen LogP contribution in [0, 0.1) is 0 Å². The molecule has 0 spiro atoms. The van der Waals surface area contributed by atoms with Crippen LogP contribution >= 0.6 is 0 Å². The zero-order chi connectivity index (χ0) is 18.0. The molecule has 0 aliphatic carbocycles. The molecule has 4 heteroatoms. The normalized spacial score (nSPS) is 19.4. The molecule has 1 unspecified atom stereocenters. The first-order valence-corrected chi connectivity index (χ1v) is 8.40. The zero-order valence-corrected chi connectivity index (χ0v) is 14.7. The first-order chi connectivity index (χ1) is 11.9. The van der Waals surface area contributed by atoms with Gasteiger partial charge in [-0.05, 0) is 24.0 Å². The van der Waals surface area contributed by atoms with E-state index in [9.17, 15) is 9.59 Å². The third kappa shape index (κ3) is 3.12. The van der Waals surface area contributed by atoms with Crippen molar-refractivity contribution in [1.29, 1.82) is 0 Å². The maximum absolute atomic E-state index is 12.9. The minimum atomic E-state index is -1.56. The summed E-state index contributed by atoms with van der Waals surface area (Å²) in [6.07, 6.45) is 0.150. The summed E-state index contributed by atoms with van der Waals surface area (Å²) in [5, 5.41) is 4.08. The van der Waals surface area contributed by atoms with Gasteiger partial charge >= 0.3 is 0 Å². The van der Waals surface area contributed by atoms with Crippen molar-refractivity contribution in [3.63, 3.8) is 0 Å². The summed E-state index contributed by atoms with van der Waals surface area (Å²) >= 11 is 0. The van der Waals surface area contributed by atoms with Crippen LogP contribution in [-0.2, 0) is 9.63 Å². The van der Waals surface area contributed by atoms with E-state index in [0.717, 1.165) is 5.56 Å². The average Bonchev–Trinajstić information content (AvgIpc) is 3.08. The Balaban J connectivity index is 1.88. The van der Waals surface area contributed by atoms with E-state index >= 15 is 0 Å². The van der Waals surface area contributed by atoms with E-state index in [0.29, 0.717) is 17.2 Å². The number of nitrogens with zero attached hydrogens (tertiary/aromatic N) is 1. The number of carbonyl (C=O) groups is 2. The van der Waals surface area contributed by atoms with Crippen LogP contribution in [0.2, 0.25) is 0 Å². The van der Waals surface area contributed by atoms with Crippen LogP contribution in [0.5, 0.6) is 0 Å². The number of benzene rings is 2. The Morgan fingerprint density at radius 3 is 2.24 bits per heavy atom. The van der Waals surface area contributed by atoms with Gasteiger partial charge in [-0.15, -0.1) is 0 Å². The Bertz CT molecular complexity index is 822. The van der Waals surface area contributed by atoms with Gasteiger partial charge in [0.2, 0.25) is 5.78 Å². The smallest absolute Gasteiger partial charge is 0.262 e. The van der Waals surface area contributed by atoms with Gasteiger partial charge < -0.3 is 4.84 Å². The van der Waals surface area contributed by atoms with Crippen molar-refractivity contribution in [2.24, 2.45) is 5.16 Å². The summed E-state index contributed by atoms with van der Waals surface area (Å²) in [6, 6.07) is 16.7. The van der Waals surface area contributed by atoms with Crippen molar-refractivity contribution in [2.45, 2.75) is 38.7 Å². The quantitative estimate of drug-likeness (QED) is 0.609. The molecule has 4 nitrogen and oxygen atoms in total. The fourth-order valence-corrected chi connectivity index (χ4v) is 2.94. The highest BCUT2D eigenvalue weighted by molar-refractivity contribution is 6.21. The topological polar surface area (TPSA) is 55.7 Å². The molecule has 1 aliphatic heterocycles. The highest BCUT2D eigenvalue weighted by Crippen LogP contribution is 2.32.